The number of nitriles is 1. The number of aryl methyl sites for hydroxylation is 1. The van der Waals surface area contributed by atoms with Gasteiger partial charge >= 0.3 is 0 Å². The van der Waals surface area contributed by atoms with Gasteiger partial charge in [0.25, 0.3) is 0 Å². The van der Waals surface area contributed by atoms with Gasteiger partial charge in [0, 0.05) is 0 Å². The van der Waals surface area contributed by atoms with E-state index >= 15 is 0 Å². The van der Waals surface area contributed by atoms with Crippen LogP contribution in [-0.4, -0.2) is 4.98 Å². The molecule has 1 aromatic rings. The Morgan fingerprint density at radius 3 is 2.91 bits per heavy atom. The van der Waals surface area contributed by atoms with Crippen molar-refractivity contribution < 1.29 is 0 Å². The molecule has 0 atom stereocenters. The van der Waals surface area contributed by atoms with Gasteiger partial charge in [-0.15, -0.1) is 0 Å². The highest BCUT2D eigenvalue weighted by Gasteiger charge is 1.96. The lowest BCUT2D eigenvalue weighted by Crippen LogP contribution is -1.89. The molecule has 0 saturated heterocycles. The maximum absolute atomic E-state index is 8.50. The minimum absolute atomic E-state index is 0.436. The van der Waals surface area contributed by atoms with Crippen molar-refractivity contribution in [2.75, 3.05) is 0 Å². The molecule has 0 radical (unpaired) electrons. The van der Waals surface area contributed by atoms with Crippen molar-refractivity contribution in [2.24, 2.45) is 0 Å². The van der Waals surface area contributed by atoms with Crippen LogP contribution in [0.1, 0.15) is 17.0 Å². The van der Waals surface area contributed by atoms with Crippen molar-refractivity contribution in [3.8, 4) is 6.07 Å². The van der Waals surface area contributed by atoms with Crippen molar-refractivity contribution in [2.45, 2.75) is 6.92 Å². The fourth-order valence-electron chi connectivity index (χ4n) is 0.813. The third kappa shape index (κ3) is 1.44. The summed E-state index contributed by atoms with van der Waals surface area (Å²) in [5.41, 5.74) is 2.26. The van der Waals surface area contributed by atoms with Gasteiger partial charge in [-0.1, -0.05) is 12.6 Å². The number of nitrogens with zero attached hydrogens (tertiary/aromatic N) is 2. The van der Waals surface area contributed by atoms with Crippen molar-refractivity contribution in [3.05, 3.63) is 35.7 Å². The van der Waals surface area contributed by atoms with E-state index in [1.165, 1.54) is 0 Å². The van der Waals surface area contributed by atoms with E-state index in [1.807, 2.05) is 19.1 Å². The van der Waals surface area contributed by atoms with Crippen LogP contribution in [-0.2, 0) is 0 Å². The van der Waals surface area contributed by atoms with Crippen LogP contribution in [0.25, 0.3) is 6.08 Å². The SMILES string of the molecule is C=Cc1nc(C#N)ccc1C. The molecule has 0 amide bonds. The van der Waals surface area contributed by atoms with Crippen LogP contribution < -0.4 is 0 Å². The summed E-state index contributed by atoms with van der Waals surface area (Å²) in [6, 6.07) is 5.53. The summed E-state index contributed by atoms with van der Waals surface area (Å²) in [6.07, 6.45) is 1.65. The summed E-state index contributed by atoms with van der Waals surface area (Å²) in [5.74, 6) is 0. The molecule has 0 spiro atoms. The molecule has 2 nitrogen and oxygen atoms in total. The summed E-state index contributed by atoms with van der Waals surface area (Å²) in [5, 5.41) is 8.50. The molecule has 0 fully saturated rings. The summed E-state index contributed by atoms with van der Waals surface area (Å²) in [7, 11) is 0. The van der Waals surface area contributed by atoms with Crippen molar-refractivity contribution in [1.29, 1.82) is 5.26 Å². The normalized spacial score (nSPS) is 8.73. The molecule has 1 rings (SSSR count). The van der Waals surface area contributed by atoms with Crippen LogP contribution in [0.2, 0.25) is 0 Å². The first-order valence-corrected chi connectivity index (χ1v) is 3.28. The van der Waals surface area contributed by atoms with Gasteiger partial charge in [0.05, 0.1) is 5.69 Å². The Labute approximate surface area is 65.8 Å². The van der Waals surface area contributed by atoms with Crippen LogP contribution in [0.5, 0.6) is 0 Å². The Bertz CT molecular complexity index is 321. The number of pyridine rings is 1. The monoisotopic (exact) mass is 144 g/mol. The molecule has 0 unspecified atom stereocenters. The van der Waals surface area contributed by atoms with Crippen LogP contribution in [0, 0.1) is 18.3 Å². The van der Waals surface area contributed by atoms with Crippen molar-refractivity contribution in [3.63, 3.8) is 0 Å². The van der Waals surface area contributed by atoms with Crippen molar-refractivity contribution in [1.82, 2.24) is 4.98 Å². The van der Waals surface area contributed by atoms with Gasteiger partial charge in [-0.05, 0) is 24.6 Å². The molecule has 0 aliphatic carbocycles. The lowest BCUT2D eigenvalue weighted by molar-refractivity contribution is 1.20. The average molecular weight is 144 g/mol. The highest BCUT2D eigenvalue weighted by Crippen LogP contribution is 2.06. The Balaban J connectivity index is 3.25. The predicted molar refractivity (Wildman–Crippen MR) is 43.8 cm³/mol. The minimum Gasteiger partial charge on any atom is -0.237 e. The van der Waals surface area contributed by atoms with E-state index in [0.29, 0.717) is 5.69 Å². The van der Waals surface area contributed by atoms with Gasteiger partial charge in [0.1, 0.15) is 11.8 Å². The Morgan fingerprint density at radius 2 is 2.36 bits per heavy atom. The van der Waals surface area contributed by atoms with E-state index in [-0.39, 0.29) is 0 Å². The molecular weight excluding hydrogens is 136 g/mol. The molecule has 0 aliphatic rings. The lowest BCUT2D eigenvalue weighted by atomic mass is 10.2. The summed E-state index contributed by atoms with van der Waals surface area (Å²) in [4.78, 5) is 4.03. The topological polar surface area (TPSA) is 36.7 Å². The third-order valence-electron chi connectivity index (χ3n) is 1.44. The maximum atomic E-state index is 8.50. The van der Waals surface area contributed by atoms with E-state index in [9.17, 15) is 0 Å². The quantitative estimate of drug-likeness (QED) is 0.603. The summed E-state index contributed by atoms with van der Waals surface area (Å²) in [6.45, 7) is 5.53. The largest absolute Gasteiger partial charge is 0.237 e. The van der Waals surface area contributed by atoms with Gasteiger partial charge in [-0.3, -0.25) is 0 Å². The van der Waals surface area contributed by atoms with E-state index < -0.39 is 0 Å². The van der Waals surface area contributed by atoms with Crippen LogP contribution in [0.4, 0.5) is 0 Å². The molecule has 0 saturated carbocycles. The van der Waals surface area contributed by atoms with Crippen LogP contribution in [0.15, 0.2) is 18.7 Å². The van der Waals surface area contributed by atoms with Gasteiger partial charge in [0.15, 0.2) is 0 Å². The number of hydrogen-bond acceptors (Lipinski definition) is 2. The Kier molecular flexibility index (Phi) is 2.03. The van der Waals surface area contributed by atoms with E-state index in [2.05, 4.69) is 11.6 Å². The van der Waals surface area contributed by atoms with Crippen LogP contribution >= 0.6 is 0 Å². The fourth-order valence-corrected chi connectivity index (χ4v) is 0.813. The predicted octanol–water partition coefficient (Wildman–Crippen LogP) is 1.90. The van der Waals surface area contributed by atoms with Crippen molar-refractivity contribution >= 4 is 6.08 Å². The summed E-state index contributed by atoms with van der Waals surface area (Å²) >= 11 is 0. The second-order valence-corrected chi connectivity index (χ2v) is 2.21. The smallest absolute Gasteiger partial charge is 0.141 e. The maximum Gasteiger partial charge on any atom is 0.141 e. The van der Waals surface area contributed by atoms with Gasteiger partial charge in [-0.25, -0.2) is 4.98 Å². The van der Waals surface area contributed by atoms with E-state index in [0.717, 1.165) is 11.3 Å². The molecule has 2 heteroatoms. The average Bonchev–Trinajstić information content (AvgIpc) is 2.05. The first kappa shape index (κ1) is 7.49. The van der Waals surface area contributed by atoms with Gasteiger partial charge in [-0.2, -0.15) is 5.26 Å². The highest BCUT2D eigenvalue weighted by molar-refractivity contribution is 5.47. The zero-order chi connectivity index (χ0) is 8.27. The third-order valence-corrected chi connectivity index (χ3v) is 1.44. The Morgan fingerprint density at radius 1 is 1.64 bits per heavy atom. The first-order valence-electron chi connectivity index (χ1n) is 3.28. The first-order chi connectivity index (χ1) is 5.27. The summed E-state index contributed by atoms with van der Waals surface area (Å²) < 4.78 is 0. The fraction of sp³-hybridized carbons (Fsp3) is 0.111. The molecule has 1 heterocycles. The molecule has 1 aromatic heterocycles. The van der Waals surface area contributed by atoms with E-state index in [1.54, 1.807) is 12.1 Å². The molecule has 0 aromatic carbocycles. The second kappa shape index (κ2) is 2.98. The number of hydrogen-bond donors (Lipinski definition) is 0. The Hall–Kier alpha value is -1.62. The molecular formula is C9H8N2. The number of rotatable bonds is 1. The zero-order valence-electron chi connectivity index (χ0n) is 6.33. The molecule has 0 bridgehead atoms. The van der Waals surface area contributed by atoms with E-state index in [4.69, 9.17) is 5.26 Å². The molecule has 0 N–H and O–H groups in total. The second-order valence-electron chi connectivity index (χ2n) is 2.21. The lowest BCUT2D eigenvalue weighted by Gasteiger charge is -1.97. The molecule has 0 aliphatic heterocycles. The zero-order valence-corrected chi connectivity index (χ0v) is 6.33. The standard InChI is InChI=1S/C9H8N2/c1-3-9-7(2)4-5-8(6-10)11-9/h3-5H,1H2,2H3. The van der Waals surface area contributed by atoms with Gasteiger partial charge < -0.3 is 0 Å². The minimum atomic E-state index is 0.436. The molecule has 11 heavy (non-hydrogen) atoms. The molecule has 54 valence electrons. The highest BCUT2D eigenvalue weighted by atomic mass is 14.7. The van der Waals surface area contributed by atoms with Gasteiger partial charge in [0.2, 0.25) is 0 Å². The van der Waals surface area contributed by atoms with Crippen LogP contribution in [0.3, 0.4) is 0 Å². The number of aromatic nitrogens is 1.